The number of oxazole rings is 1. The number of aryl methyl sites for hydroxylation is 1. The zero-order chi connectivity index (χ0) is 9.14. The maximum Gasteiger partial charge on any atom is 0.220 e. The quantitative estimate of drug-likeness (QED) is 0.748. The number of nitrogens with zero attached hydrogens (tertiary/aromatic N) is 1. The van der Waals surface area contributed by atoms with Crippen molar-refractivity contribution in [3.63, 3.8) is 0 Å². The molecule has 0 aliphatic carbocycles. The van der Waals surface area contributed by atoms with Crippen LogP contribution in [0.3, 0.4) is 0 Å². The molecule has 0 fully saturated rings. The van der Waals surface area contributed by atoms with E-state index in [1.54, 1.807) is 0 Å². The third-order valence-electron chi connectivity index (χ3n) is 1.67. The summed E-state index contributed by atoms with van der Waals surface area (Å²) in [6.45, 7) is 6.04. The highest BCUT2D eigenvalue weighted by atomic mass is 16.4. The number of aliphatic hydroxyl groups excluding tert-OH is 1. The SMILES string of the molecule is Cc1nc(CO)oc1CC(C)C. The first-order valence-electron chi connectivity index (χ1n) is 4.19. The Morgan fingerprint density at radius 3 is 2.58 bits per heavy atom. The van der Waals surface area contributed by atoms with E-state index in [2.05, 4.69) is 18.8 Å². The van der Waals surface area contributed by atoms with Gasteiger partial charge in [0.25, 0.3) is 0 Å². The monoisotopic (exact) mass is 169 g/mol. The van der Waals surface area contributed by atoms with Crippen molar-refractivity contribution in [3.05, 3.63) is 17.3 Å². The fraction of sp³-hybridized carbons (Fsp3) is 0.667. The first kappa shape index (κ1) is 9.26. The first-order valence-corrected chi connectivity index (χ1v) is 4.19. The summed E-state index contributed by atoms with van der Waals surface area (Å²) < 4.78 is 5.31. The van der Waals surface area contributed by atoms with Crippen LogP contribution in [0.1, 0.15) is 31.2 Å². The summed E-state index contributed by atoms with van der Waals surface area (Å²) >= 11 is 0. The number of aliphatic hydroxyl groups is 1. The second-order valence-electron chi connectivity index (χ2n) is 3.37. The molecule has 1 aromatic rings. The molecule has 1 aromatic heterocycles. The van der Waals surface area contributed by atoms with Crippen molar-refractivity contribution >= 4 is 0 Å². The van der Waals surface area contributed by atoms with Crippen LogP contribution in [0.25, 0.3) is 0 Å². The first-order chi connectivity index (χ1) is 5.63. The van der Waals surface area contributed by atoms with Gasteiger partial charge in [-0.25, -0.2) is 4.98 Å². The van der Waals surface area contributed by atoms with Crippen LogP contribution in [0.2, 0.25) is 0 Å². The molecule has 0 bridgehead atoms. The van der Waals surface area contributed by atoms with Crippen LogP contribution in [0.5, 0.6) is 0 Å². The number of hydrogen-bond donors (Lipinski definition) is 1. The minimum absolute atomic E-state index is 0.112. The van der Waals surface area contributed by atoms with Gasteiger partial charge in [-0.15, -0.1) is 0 Å². The Hall–Kier alpha value is -0.830. The number of rotatable bonds is 3. The third kappa shape index (κ3) is 2.08. The summed E-state index contributed by atoms with van der Waals surface area (Å²) in [7, 11) is 0. The van der Waals surface area contributed by atoms with E-state index in [9.17, 15) is 0 Å². The minimum atomic E-state index is -0.112. The predicted molar refractivity (Wildman–Crippen MR) is 45.7 cm³/mol. The lowest BCUT2D eigenvalue weighted by atomic mass is 10.1. The van der Waals surface area contributed by atoms with Crippen molar-refractivity contribution < 1.29 is 9.52 Å². The van der Waals surface area contributed by atoms with E-state index in [0.717, 1.165) is 17.9 Å². The molecule has 0 saturated carbocycles. The van der Waals surface area contributed by atoms with Gasteiger partial charge in [0.15, 0.2) is 0 Å². The van der Waals surface area contributed by atoms with Gasteiger partial charge < -0.3 is 9.52 Å². The van der Waals surface area contributed by atoms with Crippen LogP contribution < -0.4 is 0 Å². The molecule has 0 amide bonds. The molecular weight excluding hydrogens is 154 g/mol. The van der Waals surface area contributed by atoms with Gasteiger partial charge in [0.1, 0.15) is 12.4 Å². The lowest BCUT2D eigenvalue weighted by Gasteiger charge is -1.99. The highest BCUT2D eigenvalue weighted by Crippen LogP contribution is 2.14. The fourth-order valence-corrected chi connectivity index (χ4v) is 1.12. The molecule has 68 valence electrons. The molecule has 12 heavy (non-hydrogen) atoms. The van der Waals surface area contributed by atoms with E-state index < -0.39 is 0 Å². The van der Waals surface area contributed by atoms with Gasteiger partial charge in [0, 0.05) is 6.42 Å². The standard InChI is InChI=1S/C9H15NO2/c1-6(2)4-8-7(3)10-9(5-11)12-8/h6,11H,4-5H2,1-3H3. The predicted octanol–water partition coefficient (Wildman–Crippen LogP) is 1.67. The topological polar surface area (TPSA) is 46.3 Å². The van der Waals surface area contributed by atoms with Crippen LogP contribution in [0, 0.1) is 12.8 Å². The van der Waals surface area contributed by atoms with Gasteiger partial charge in [0.05, 0.1) is 5.69 Å². The maximum atomic E-state index is 8.75. The lowest BCUT2D eigenvalue weighted by Crippen LogP contribution is -1.93. The summed E-state index contributed by atoms with van der Waals surface area (Å²) in [6, 6.07) is 0. The van der Waals surface area contributed by atoms with Crippen molar-refractivity contribution in [2.45, 2.75) is 33.8 Å². The maximum absolute atomic E-state index is 8.75. The average molecular weight is 169 g/mol. The molecule has 3 nitrogen and oxygen atoms in total. The van der Waals surface area contributed by atoms with Crippen LogP contribution in [0.15, 0.2) is 4.42 Å². The normalized spacial score (nSPS) is 11.1. The Bertz CT molecular complexity index is 253. The summed E-state index contributed by atoms with van der Waals surface area (Å²) in [5.41, 5.74) is 0.896. The molecular formula is C9H15NO2. The fourth-order valence-electron chi connectivity index (χ4n) is 1.12. The van der Waals surface area contributed by atoms with Crippen molar-refractivity contribution in [1.29, 1.82) is 0 Å². The van der Waals surface area contributed by atoms with E-state index in [-0.39, 0.29) is 6.61 Å². The van der Waals surface area contributed by atoms with Crippen LogP contribution in [-0.2, 0) is 13.0 Å². The molecule has 0 aromatic carbocycles. The Kier molecular flexibility index (Phi) is 2.87. The van der Waals surface area contributed by atoms with Gasteiger partial charge in [0.2, 0.25) is 5.89 Å². The van der Waals surface area contributed by atoms with Crippen molar-refractivity contribution in [2.75, 3.05) is 0 Å². The van der Waals surface area contributed by atoms with Gasteiger partial charge in [-0.2, -0.15) is 0 Å². The summed E-state index contributed by atoms with van der Waals surface area (Å²) in [5, 5.41) is 8.75. The van der Waals surface area contributed by atoms with Gasteiger partial charge in [-0.1, -0.05) is 13.8 Å². The molecule has 0 saturated heterocycles. The third-order valence-corrected chi connectivity index (χ3v) is 1.67. The van der Waals surface area contributed by atoms with Gasteiger partial charge in [-0.3, -0.25) is 0 Å². The van der Waals surface area contributed by atoms with Crippen LogP contribution >= 0.6 is 0 Å². The Labute approximate surface area is 72.4 Å². The zero-order valence-corrected chi connectivity index (χ0v) is 7.79. The molecule has 1 heterocycles. The molecule has 0 aliphatic heterocycles. The van der Waals surface area contributed by atoms with Gasteiger partial charge in [-0.05, 0) is 12.8 Å². The number of hydrogen-bond acceptors (Lipinski definition) is 3. The lowest BCUT2D eigenvalue weighted by molar-refractivity contribution is 0.235. The summed E-state index contributed by atoms with van der Waals surface area (Å²) in [6.07, 6.45) is 0.888. The van der Waals surface area contributed by atoms with E-state index in [4.69, 9.17) is 9.52 Å². The Balaban J connectivity index is 2.77. The average Bonchev–Trinajstić information content (AvgIpc) is 2.31. The van der Waals surface area contributed by atoms with E-state index in [1.165, 1.54) is 0 Å². The van der Waals surface area contributed by atoms with E-state index in [1.807, 2.05) is 6.92 Å². The molecule has 0 spiro atoms. The van der Waals surface area contributed by atoms with Crippen LogP contribution in [0.4, 0.5) is 0 Å². The molecule has 0 atom stereocenters. The largest absolute Gasteiger partial charge is 0.443 e. The molecule has 3 heteroatoms. The second kappa shape index (κ2) is 3.72. The van der Waals surface area contributed by atoms with Crippen molar-refractivity contribution in [3.8, 4) is 0 Å². The smallest absolute Gasteiger partial charge is 0.220 e. The summed E-state index contributed by atoms with van der Waals surface area (Å²) in [5.74, 6) is 1.88. The Morgan fingerprint density at radius 1 is 1.50 bits per heavy atom. The highest BCUT2D eigenvalue weighted by molar-refractivity contribution is 5.07. The van der Waals surface area contributed by atoms with Crippen LogP contribution in [-0.4, -0.2) is 10.1 Å². The van der Waals surface area contributed by atoms with Crippen molar-refractivity contribution in [2.24, 2.45) is 5.92 Å². The Morgan fingerprint density at radius 2 is 2.17 bits per heavy atom. The van der Waals surface area contributed by atoms with Gasteiger partial charge >= 0.3 is 0 Å². The summed E-state index contributed by atoms with van der Waals surface area (Å²) in [4.78, 5) is 4.07. The second-order valence-corrected chi connectivity index (χ2v) is 3.37. The van der Waals surface area contributed by atoms with E-state index >= 15 is 0 Å². The van der Waals surface area contributed by atoms with Crippen molar-refractivity contribution in [1.82, 2.24) is 4.98 Å². The molecule has 0 aliphatic rings. The minimum Gasteiger partial charge on any atom is -0.443 e. The zero-order valence-electron chi connectivity index (χ0n) is 7.79. The molecule has 0 unspecified atom stereocenters. The molecule has 1 N–H and O–H groups in total. The highest BCUT2D eigenvalue weighted by Gasteiger charge is 2.09. The number of aromatic nitrogens is 1. The molecule has 1 rings (SSSR count). The van der Waals surface area contributed by atoms with E-state index in [0.29, 0.717) is 11.8 Å². The molecule has 0 radical (unpaired) electrons.